The second kappa shape index (κ2) is 11.6. The quantitative estimate of drug-likeness (QED) is 0.125. The molecule has 0 aliphatic carbocycles. The second-order valence-corrected chi connectivity index (χ2v) is 5.23. The zero-order chi connectivity index (χ0) is 20.9. The van der Waals surface area contributed by atoms with Gasteiger partial charge in [-0.3, -0.25) is 33.7 Å². The molecular weight excluding hydrogens is 376 g/mol. The van der Waals surface area contributed by atoms with E-state index < -0.39 is 48.5 Å². The summed E-state index contributed by atoms with van der Waals surface area (Å²) >= 11 is 0. The Hall–Kier alpha value is -3.93. The van der Waals surface area contributed by atoms with Crippen LogP contribution in [-0.4, -0.2) is 73.2 Å². The summed E-state index contributed by atoms with van der Waals surface area (Å²) in [5.74, 6) is -3.53. The molecule has 0 aromatic rings. The van der Waals surface area contributed by atoms with E-state index in [1.54, 1.807) is 0 Å². The first kappa shape index (κ1) is 22.1. The standard InChI is InChI=1S/C14H18N8O6/c15-21-20-4-3-9(23)16-5-10(24)17-6-11(25)18-7-12(26)19-8-22-13(27)1-2-14(22)28/h1-2H,3-8H2,(H,16,23)(H,17,24)(H,18,25)(H,19,26). The van der Waals surface area contributed by atoms with E-state index >= 15 is 0 Å². The van der Waals surface area contributed by atoms with E-state index in [0.717, 1.165) is 17.1 Å². The van der Waals surface area contributed by atoms with Gasteiger partial charge in [0.05, 0.1) is 19.6 Å². The average molecular weight is 394 g/mol. The maximum Gasteiger partial charge on any atom is 0.255 e. The second-order valence-electron chi connectivity index (χ2n) is 5.23. The number of carbonyl (C=O) groups excluding carboxylic acids is 6. The molecule has 150 valence electrons. The smallest absolute Gasteiger partial charge is 0.255 e. The van der Waals surface area contributed by atoms with Crippen molar-refractivity contribution in [3.63, 3.8) is 0 Å². The molecule has 0 saturated carbocycles. The number of nitrogens with zero attached hydrogens (tertiary/aromatic N) is 4. The summed E-state index contributed by atoms with van der Waals surface area (Å²) in [6, 6.07) is 0. The Morgan fingerprint density at radius 2 is 1.32 bits per heavy atom. The van der Waals surface area contributed by atoms with E-state index in [4.69, 9.17) is 5.53 Å². The van der Waals surface area contributed by atoms with Crippen molar-refractivity contribution in [1.82, 2.24) is 26.2 Å². The number of carbonyl (C=O) groups is 6. The van der Waals surface area contributed by atoms with Crippen LogP contribution in [0.2, 0.25) is 0 Å². The van der Waals surface area contributed by atoms with Gasteiger partial charge >= 0.3 is 0 Å². The van der Waals surface area contributed by atoms with Gasteiger partial charge in [0.15, 0.2) is 0 Å². The van der Waals surface area contributed by atoms with Crippen LogP contribution in [0.5, 0.6) is 0 Å². The lowest BCUT2D eigenvalue weighted by molar-refractivity contribution is -0.138. The molecule has 1 heterocycles. The van der Waals surface area contributed by atoms with Crippen molar-refractivity contribution in [1.29, 1.82) is 0 Å². The number of nitrogens with one attached hydrogen (secondary N) is 4. The molecule has 1 aliphatic heterocycles. The van der Waals surface area contributed by atoms with Crippen LogP contribution < -0.4 is 21.3 Å². The molecular formula is C14H18N8O6. The number of imide groups is 1. The number of amides is 6. The summed E-state index contributed by atoms with van der Waals surface area (Å²) in [6.07, 6.45) is 2.07. The van der Waals surface area contributed by atoms with Crippen molar-refractivity contribution >= 4 is 35.4 Å². The molecule has 1 aliphatic rings. The van der Waals surface area contributed by atoms with E-state index in [2.05, 4.69) is 31.3 Å². The molecule has 14 nitrogen and oxygen atoms in total. The van der Waals surface area contributed by atoms with Crippen molar-refractivity contribution in [3.05, 3.63) is 22.6 Å². The lowest BCUT2D eigenvalue weighted by atomic mass is 10.4. The van der Waals surface area contributed by atoms with Crippen LogP contribution in [0.1, 0.15) is 6.42 Å². The van der Waals surface area contributed by atoms with Gasteiger partial charge in [-0.05, 0) is 5.53 Å². The Morgan fingerprint density at radius 3 is 1.82 bits per heavy atom. The van der Waals surface area contributed by atoms with E-state index in [1.165, 1.54) is 0 Å². The molecule has 0 saturated heterocycles. The first-order valence-electron chi connectivity index (χ1n) is 7.94. The van der Waals surface area contributed by atoms with Gasteiger partial charge < -0.3 is 21.3 Å². The first-order valence-corrected chi connectivity index (χ1v) is 7.94. The maximum absolute atomic E-state index is 11.6. The molecule has 1 rings (SSSR count). The van der Waals surface area contributed by atoms with E-state index in [9.17, 15) is 28.8 Å². The van der Waals surface area contributed by atoms with Gasteiger partial charge in [0.1, 0.15) is 6.67 Å². The van der Waals surface area contributed by atoms with Gasteiger partial charge in [0.25, 0.3) is 11.8 Å². The Balaban J connectivity index is 2.13. The molecule has 0 atom stereocenters. The molecule has 4 N–H and O–H groups in total. The van der Waals surface area contributed by atoms with Gasteiger partial charge in [-0.25, -0.2) is 0 Å². The number of hydrogen-bond acceptors (Lipinski definition) is 7. The Morgan fingerprint density at radius 1 is 0.857 bits per heavy atom. The third kappa shape index (κ3) is 8.44. The van der Waals surface area contributed by atoms with Crippen molar-refractivity contribution in [2.45, 2.75) is 6.42 Å². The van der Waals surface area contributed by atoms with Gasteiger partial charge in [-0.2, -0.15) is 0 Å². The molecule has 0 radical (unpaired) electrons. The summed E-state index contributed by atoms with van der Waals surface area (Å²) in [5, 5.41) is 12.2. The molecule has 28 heavy (non-hydrogen) atoms. The Kier molecular flexibility index (Phi) is 9.19. The molecule has 0 spiro atoms. The average Bonchev–Trinajstić information content (AvgIpc) is 2.99. The highest BCUT2D eigenvalue weighted by Gasteiger charge is 2.23. The topological polar surface area (TPSA) is 203 Å². The lowest BCUT2D eigenvalue weighted by Gasteiger charge is -2.14. The molecule has 0 aromatic carbocycles. The summed E-state index contributed by atoms with van der Waals surface area (Å²) in [6.45, 7) is -1.57. The van der Waals surface area contributed by atoms with Crippen LogP contribution in [0.25, 0.3) is 10.4 Å². The van der Waals surface area contributed by atoms with Crippen molar-refractivity contribution in [2.75, 3.05) is 32.8 Å². The van der Waals surface area contributed by atoms with Crippen LogP contribution >= 0.6 is 0 Å². The minimum atomic E-state index is -0.659. The SMILES string of the molecule is [N-]=[N+]=NCCC(=O)NCC(=O)NCC(=O)NCC(=O)NCN1C(=O)C=CC1=O. The molecule has 0 bridgehead atoms. The predicted octanol–water partition coefficient (Wildman–Crippen LogP) is -2.97. The van der Waals surface area contributed by atoms with Crippen molar-refractivity contribution in [2.24, 2.45) is 5.11 Å². The van der Waals surface area contributed by atoms with E-state index in [0.29, 0.717) is 0 Å². The van der Waals surface area contributed by atoms with E-state index in [1.807, 2.05) is 0 Å². The van der Waals surface area contributed by atoms with Crippen LogP contribution in [0, 0.1) is 0 Å². The number of rotatable bonds is 11. The zero-order valence-electron chi connectivity index (χ0n) is 14.6. The normalized spacial score (nSPS) is 12.2. The lowest BCUT2D eigenvalue weighted by Crippen LogP contribution is -2.46. The van der Waals surface area contributed by atoms with Crippen LogP contribution in [-0.2, 0) is 28.8 Å². The minimum Gasteiger partial charge on any atom is -0.347 e. The molecule has 6 amide bonds. The fourth-order valence-electron chi connectivity index (χ4n) is 1.76. The highest BCUT2D eigenvalue weighted by atomic mass is 16.2. The number of hydrogen-bond donors (Lipinski definition) is 4. The summed E-state index contributed by atoms with van der Waals surface area (Å²) in [7, 11) is 0. The zero-order valence-corrected chi connectivity index (χ0v) is 14.6. The van der Waals surface area contributed by atoms with E-state index in [-0.39, 0.29) is 26.2 Å². The van der Waals surface area contributed by atoms with Crippen LogP contribution in [0.3, 0.4) is 0 Å². The third-order valence-electron chi connectivity index (χ3n) is 3.18. The van der Waals surface area contributed by atoms with Crippen molar-refractivity contribution in [3.8, 4) is 0 Å². The molecule has 0 aromatic heterocycles. The Labute approximate surface area is 158 Å². The fraction of sp³-hybridized carbons (Fsp3) is 0.429. The highest BCUT2D eigenvalue weighted by molar-refractivity contribution is 6.13. The Bertz CT molecular complexity index is 724. The molecule has 0 fully saturated rings. The van der Waals surface area contributed by atoms with Crippen molar-refractivity contribution < 1.29 is 28.8 Å². The molecule has 0 unspecified atom stereocenters. The van der Waals surface area contributed by atoms with Crippen LogP contribution in [0.4, 0.5) is 0 Å². The first-order chi connectivity index (χ1) is 13.3. The largest absolute Gasteiger partial charge is 0.347 e. The van der Waals surface area contributed by atoms with Gasteiger partial charge in [0, 0.05) is 30.0 Å². The third-order valence-corrected chi connectivity index (χ3v) is 3.18. The maximum atomic E-state index is 11.6. The summed E-state index contributed by atoms with van der Waals surface area (Å²) < 4.78 is 0. The number of azide groups is 1. The monoisotopic (exact) mass is 394 g/mol. The van der Waals surface area contributed by atoms with Gasteiger partial charge in [0.2, 0.25) is 23.6 Å². The van der Waals surface area contributed by atoms with Crippen LogP contribution in [0.15, 0.2) is 17.3 Å². The minimum absolute atomic E-state index is 0.0367. The fourth-order valence-corrected chi connectivity index (χ4v) is 1.76. The molecule has 14 heteroatoms. The van der Waals surface area contributed by atoms with Gasteiger partial charge in [-0.1, -0.05) is 5.11 Å². The summed E-state index contributed by atoms with van der Waals surface area (Å²) in [4.78, 5) is 71.8. The predicted molar refractivity (Wildman–Crippen MR) is 91.7 cm³/mol. The van der Waals surface area contributed by atoms with Gasteiger partial charge in [-0.15, -0.1) is 0 Å². The highest BCUT2D eigenvalue weighted by Crippen LogP contribution is 2.00. The summed E-state index contributed by atoms with van der Waals surface area (Å²) in [5.41, 5.74) is 8.07.